The maximum absolute atomic E-state index is 11.9. The van der Waals surface area contributed by atoms with Gasteiger partial charge in [0.25, 0.3) is 5.91 Å². The van der Waals surface area contributed by atoms with Gasteiger partial charge in [0.05, 0.1) is 13.0 Å². The Labute approximate surface area is 124 Å². The summed E-state index contributed by atoms with van der Waals surface area (Å²) in [4.78, 5) is 24.6. The van der Waals surface area contributed by atoms with Crippen molar-refractivity contribution in [2.24, 2.45) is 0 Å². The minimum absolute atomic E-state index is 0.00733. The molecule has 0 aliphatic rings. The van der Waals surface area contributed by atoms with Crippen molar-refractivity contribution in [2.45, 2.75) is 33.2 Å². The monoisotopic (exact) mass is 296 g/mol. The van der Waals surface area contributed by atoms with E-state index in [0.717, 1.165) is 26.1 Å². The third kappa shape index (κ3) is 6.40. The highest BCUT2D eigenvalue weighted by atomic mass is 16.4. The van der Waals surface area contributed by atoms with Crippen LogP contribution in [0.5, 0.6) is 0 Å². The first-order valence-corrected chi connectivity index (χ1v) is 7.32. The highest BCUT2D eigenvalue weighted by Gasteiger charge is 2.09. The molecule has 0 unspecified atom stereocenters. The van der Waals surface area contributed by atoms with Crippen LogP contribution in [0.3, 0.4) is 0 Å². The Morgan fingerprint density at radius 1 is 1.38 bits per heavy atom. The van der Waals surface area contributed by atoms with E-state index in [1.165, 1.54) is 4.68 Å². The summed E-state index contributed by atoms with van der Waals surface area (Å²) in [5, 5.41) is 15.5. The molecule has 118 valence electrons. The Kier molecular flexibility index (Phi) is 7.45. The normalized spacial score (nSPS) is 10.8. The summed E-state index contributed by atoms with van der Waals surface area (Å²) in [6, 6.07) is 1.60. The average molecular weight is 296 g/mol. The van der Waals surface area contributed by atoms with Crippen LogP contribution < -0.4 is 5.32 Å². The van der Waals surface area contributed by atoms with Crippen LogP contribution in [-0.4, -0.2) is 57.8 Å². The fourth-order valence-corrected chi connectivity index (χ4v) is 1.95. The molecule has 7 heteroatoms. The molecule has 21 heavy (non-hydrogen) atoms. The van der Waals surface area contributed by atoms with Crippen molar-refractivity contribution in [2.75, 3.05) is 26.2 Å². The number of amides is 1. The van der Waals surface area contributed by atoms with Gasteiger partial charge in [0.1, 0.15) is 5.69 Å². The first kappa shape index (κ1) is 17.2. The summed E-state index contributed by atoms with van der Waals surface area (Å²) >= 11 is 0. The number of aryl methyl sites for hydroxylation is 1. The number of carboxylic acids is 1. The molecule has 0 saturated heterocycles. The molecule has 0 atom stereocenters. The molecule has 0 aliphatic carbocycles. The predicted octanol–water partition coefficient (Wildman–Crippen LogP) is 0.819. The molecule has 0 fully saturated rings. The average Bonchev–Trinajstić information content (AvgIpc) is 2.94. The van der Waals surface area contributed by atoms with E-state index < -0.39 is 5.97 Å². The Morgan fingerprint density at radius 2 is 2.10 bits per heavy atom. The zero-order valence-electron chi connectivity index (χ0n) is 12.7. The number of nitrogens with zero attached hydrogens (tertiary/aromatic N) is 3. The van der Waals surface area contributed by atoms with Gasteiger partial charge in [-0.25, -0.2) is 0 Å². The molecule has 1 rings (SSSR count). The number of carbonyl (C=O) groups is 2. The Hall–Kier alpha value is -1.89. The summed E-state index contributed by atoms with van der Waals surface area (Å²) < 4.78 is 1.47. The second kappa shape index (κ2) is 9.12. The molecule has 0 radical (unpaired) electrons. The minimum Gasteiger partial charge on any atom is -0.481 e. The van der Waals surface area contributed by atoms with Gasteiger partial charge in [0.2, 0.25) is 0 Å². The highest BCUT2D eigenvalue weighted by Crippen LogP contribution is 1.98. The number of nitrogens with one attached hydrogen (secondary N) is 1. The lowest BCUT2D eigenvalue weighted by Crippen LogP contribution is -2.30. The predicted molar refractivity (Wildman–Crippen MR) is 79.2 cm³/mol. The van der Waals surface area contributed by atoms with Crippen molar-refractivity contribution in [1.82, 2.24) is 20.0 Å². The van der Waals surface area contributed by atoms with Gasteiger partial charge in [-0.1, -0.05) is 13.8 Å². The Morgan fingerprint density at radius 3 is 2.71 bits per heavy atom. The zero-order valence-corrected chi connectivity index (χ0v) is 12.7. The van der Waals surface area contributed by atoms with Crippen molar-refractivity contribution < 1.29 is 14.7 Å². The van der Waals surface area contributed by atoms with Gasteiger partial charge in [-0.3, -0.25) is 14.3 Å². The molecule has 0 spiro atoms. The first-order valence-electron chi connectivity index (χ1n) is 7.32. The minimum atomic E-state index is -0.882. The van der Waals surface area contributed by atoms with E-state index in [1.807, 2.05) is 0 Å². The van der Waals surface area contributed by atoms with Gasteiger partial charge in [-0.15, -0.1) is 0 Å². The van der Waals surface area contributed by atoms with Crippen LogP contribution >= 0.6 is 0 Å². The largest absolute Gasteiger partial charge is 0.481 e. The van der Waals surface area contributed by atoms with Crippen molar-refractivity contribution in [3.63, 3.8) is 0 Å². The first-order chi connectivity index (χ1) is 10.1. The lowest BCUT2D eigenvalue weighted by Gasteiger charge is -2.17. The molecule has 1 amide bonds. The molecule has 1 heterocycles. The van der Waals surface area contributed by atoms with E-state index in [0.29, 0.717) is 12.2 Å². The van der Waals surface area contributed by atoms with Crippen LogP contribution in [0.15, 0.2) is 12.3 Å². The lowest BCUT2D eigenvalue weighted by atomic mass is 10.3. The SMILES string of the molecule is CCN(CC)CCCNC(=O)c1ccn(CCC(=O)O)n1. The zero-order chi connectivity index (χ0) is 15.7. The van der Waals surface area contributed by atoms with Crippen LogP contribution in [-0.2, 0) is 11.3 Å². The molecular formula is C14H24N4O3. The second-order valence-electron chi connectivity index (χ2n) is 4.74. The molecule has 0 saturated carbocycles. The smallest absolute Gasteiger partial charge is 0.305 e. The number of aromatic nitrogens is 2. The molecular weight excluding hydrogens is 272 g/mol. The van der Waals surface area contributed by atoms with E-state index in [2.05, 4.69) is 29.2 Å². The number of carbonyl (C=O) groups excluding carboxylic acids is 1. The Bertz CT molecular complexity index is 455. The van der Waals surface area contributed by atoms with Crippen LogP contribution in [0.25, 0.3) is 0 Å². The number of aliphatic carboxylic acids is 1. The summed E-state index contributed by atoms with van der Waals surface area (Å²) in [5.74, 6) is -1.10. The van der Waals surface area contributed by atoms with E-state index in [4.69, 9.17) is 5.11 Å². The van der Waals surface area contributed by atoms with Crippen molar-refractivity contribution in [3.05, 3.63) is 18.0 Å². The highest BCUT2D eigenvalue weighted by molar-refractivity contribution is 5.92. The summed E-state index contributed by atoms with van der Waals surface area (Å²) in [7, 11) is 0. The van der Waals surface area contributed by atoms with Crippen molar-refractivity contribution in [3.8, 4) is 0 Å². The Balaban J connectivity index is 2.30. The topological polar surface area (TPSA) is 87.5 Å². The van der Waals surface area contributed by atoms with Gasteiger partial charge in [0.15, 0.2) is 0 Å². The van der Waals surface area contributed by atoms with Gasteiger partial charge in [-0.2, -0.15) is 5.10 Å². The quantitative estimate of drug-likeness (QED) is 0.624. The molecule has 0 aromatic carbocycles. The van der Waals surface area contributed by atoms with Crippen LogP contribution in [0.1, 0.15) is 37.2 Å². The van der Waals surface area contributed by atoms with Crippen molar-refractivity contribution >= 4 is 11.9 Å². The molecule has 7 nitrogen and oxygen atoms in total. The number of hydrogen-bond acceptors (Lipinski definition) is 4. The number of carboxylic acid groups (broad SMARTS) is 1. The van der Waals surface area contributed by atoms with Gasteiger partial charge in [-0.05, 0) is 32.1 Å². The van der Waals surface area contributed by atoms with Gasteiger partial charge < -0.3 is 15.3 Å². The van der Waals surface area contributed by atoms with E-state index in [9.17, 15) is 9.59 Å². The number of rotatable bonds is 10. The molecule has 0 aliphatic heterocycles. The van der Waals surface area contributed by atoms with Crippen LogP contribution in [0.4, 0.5) is 0 Å². The van der Waals surface area contributed by atoms with E-state index >= 15 is 0 Å². The maximum Gasteiger partial charge on any atom is 0.305 e. The fourth-order valence-electron chi connectivity index (χ4n) is 1.95. The lowest BCUT2D eigenvalue weighted by molar-refractivity contribution is -0.137. The fraction of sp³-hybridized carbons (Fsp3) is 0.643. The van der Waals surface area contributed by atoms with Crippen LogP contribution in [0.2, 0.25) is 0 Å². The van der Waals surface area contributed by atoms with Crippen LogP contribution in [0, 0.1) is 0 Å². The summed E-state index contributed by atoms with van der Waals surface area (Å²) in [6.07, 6.45) is 2.51. The second-order valence-corrected chi connectivity index (χ2v) is 4.74. The molecule has 1 aromatic heterocycles. The number of hydrogen-bond donors (Lipinski definition) is 2. The van der Waals surface area contributed by atoms with Gasteiger partial charge >= 0.3 is 5.97 Å². The summed E-state index contributed by atoms with van der Waals surface area (Å²) in [6.45, 7) is 8.09. The third-order valence-corrected chi connectivity index (χ3v) is 3.26. The van der Waals surface area contributed by atoms with E-state index in [1.54, 1.807) is 12.3 Å². The van der Waals surface area contributed by atoms with Gasteiger partial charge in [0, 0.05) is 12.7 Å². The third-order valence-electron chi connectivity index (χ3n) is 3.26. The molecule has 1 aromatic rings. The summed E-state index contributed by atoms with van der Waals surface area (Å²) in [5.41, 5.74) is 0.322. The van der Waals surface area contributed by atoms with Crippen molar-refractivity contribution in [1.29, 1.82) is 0 Å². The maximum atomic E-state index is 11.9. The van der Waals surface area contributed by atoms with E-state index in [-0.39, 0.29) is 18.9 Å². The molecule has 2 N–H and O–H groups in total. The molecule has 0 bridgehead atoms. The standard InChI is InChI=1S/C14H24N4O3/c1-3-17(4-2)9-5-8-15-14(21)12-6-10-18(16-12)11-7-13(19)20/h6,10H,3-5,7-9,11H2,1-2H3,(H,15,21)(H,19,20).